The Balaban J connectivity index is 1.60. The van der Waals surface area contributed by atoms with E-state index in [4.69, 9.17) is 9.47 Å². The summed E-state index contributed by atoms with van der Waals surface area (Å²) in [5.74, 6) is 1.02. The van der Waals surface area contributed by atoms with E-state index in [-0.39, 0.29) is 12.5 Å². The molecule has 0 atom stereocenters. The maximum absolute atomic E-state index is 11.8. The van der Waals surface area contributed by atoms with E-state index in [0.717, 1.165) is 5.56 Å². The number of carbonyl (C=O) groups excluding carboxylic acids is 2. The van der Waals surface area contributed by atoms with Gasteiger partial charge in [-0.2, -0.15) is 0 Å². The van der Waals surface area contributed by atoms with E-state index in [2.05, 4.69) is 10.6 Å². The molecular formula is C17H16N2O4. The summed E-state index contributed by atoms with van der Waals surface area (Å²) < 4.78 is 10.6. The summed E-state index contributed by atoms with van der Waals surface area (Å²) >= 11 is 0. The van der Waals surface area contributed by atoms with Crippen molar-refractivity contribution in [1.29, 1.82) is 0 Å². The predicted octanol–water partition coefficient (Wildman–Crippen LogP) is 2.70. The average molecular weight is 312 g/mol. The Bertz CT molecular complexity index is 716. The molecule has 2 aromatic carbocycles. The Labute approximate surface area is 133 Å². The van der Waals surface area contributed by atoms with Crippen molar-refractivity contribution in [3.63, 3.8) is 0 Å². The molecule has 2 aromatic rings. The summed E-state index contributed by atoms with van der Waals surface area (Å²) in [5.41, 5.74) is 1.45. The lowest BCUT2D eigenvalue weighted by atomic mass is 10.2. The Hall–Kier alpha value is -3.02. The minimum atomic E-state index is -0.536. The Kier molecular flexibility index (Phi) is 4.42. The third-order valence-electron chi connectivity index (χ3n) is 3.30. The van der Waals surface area contributed by atoms with Crippen LogP contribution in [0.2, 0.25) is 0 Å². The molecule has 0 radical (unpaired) electrons. The second kappa shape index (κ2) is 6.83. The first-order valence-corrected chi connectivity index (χ1v) is 7.27. The molecule has 3 rings (SSSR count). The SMILES string of the molecule is O=C1CCOc2ccc(CNC(=O)Oc3ccccc3)cc2N1. The highest BCUT2D eigenvalue weighted by Gasteiger charge is 2.14. The van der Waals surface area contributed by atoms with Gasteiger partial charge in [0.25, 0.3) is 0 Å². The number of carbonyl (C=O) groups is 2. The maximum atomic E-state index is 11.8. The van der Waals surface area contributed by atoms with E-state index in [1.807, 2.05) is 12.1 Å². The number of ether oxygens (including phenoxy) is 2. The lowest BCUT2D eigenvalue weighted by Gasteiger charge is -2.10. The van der Waals surface area contributed by atoms with Crippen molar-refractivity contribution in [2.45, 2.75) is 13.0 Å². The van der Waals surface area contributed by atoms with Crippen LogP contribution in [-0.4, -0.2) is 18.6 Å². The van der Waals surface area contributed by atoms with Gasteiger partial charge in [-0.25, -0.2) is 4.79 Å². The molecule has 0 saturated heterocycles. The summed E-state index contributed by atoms with van der Waals surface area (Å²) in [5, 5.41) is 5.45. The second-order valence-corrected chi connectivity index (χ2v) is 5.03. The molecule has 6 heteroatoms. The first-order chi connectivity index (χ1) is 11.2. The molecule has 0 aliphatic carbocycles. The molecule has 1 aliphatic heterocycles. The molecule has 0 bridgehead atoms. The topological polar surface area (TPSA) is 76.7 Å². The van der Waals surface area contributed by atoms with Crippen LogP contribution in [0.15, 0.2) is 48.5 Å². The number of fused-ring (bicyclic) bond motifs is 1. The van der Waals surface area contributed by atoms with Crippen molar-refractivity contribution in [3.05, 3.63) is 54.1 Å². The van der Waals surface area contributed by atoms with Crippen molar-refractivity contribution < 1.29 is 19.1 Å². The van der Waals surface area contributed by atoms with Crippen molar-refractivity contribution in [1.82, 2.24) is 5.32 Å². The van der Waals surface area contributed by atoms with Crippen molar-refractivity contribution in [2.24, 2.45) is 0 Å². The molecule has 2 amide bonds. The van der Waals surface area contributed by atoms with E-state index in [1.54, 1.807) is 36.4 Å². The van der Waals surface area contributed by atoms with Gasteiger partial charge in [0.15, 0.2) is 0 Å². The van der Waals surface area contributed by atoms with Crippen molar-refractivity contribution in [3.8, 4) is 11.5 Å². The number of para-hydroxylation sites is 1. The van der Waals surface area contributed by atoms with Crippen molar-refractivity contribution >= 4 is 17.7 Å². The average Bonchev–Trinajstić information content (AvgIpc) is 2.74. The van der Waals surface area contributed by atoms with Gasteiger partial charge in [0, 0.05) is 6.54 Å². The first-order valence-electron chi connectivity index (χ1n) is 7.27. The van der Waals surface area contributed by atoms with Gasteiger partial charge in [-0.15, -0.1) is 0 Å². The number of nitrogens with one attached hydrogen (secondary N) is 2. The Morgan fingerprint density at radius 2 is 2.04 bits per heavy atom. The molecule has 0 aromatic heterocycles. The molecule has 0 unspecified atom stereocenters. The Morgan fingerprint density at radius 3 is 2.87 bits per heavy atom. The number of rotatable bonds is 3. The molecule has 1 heterocycles. The number of amides is 2. The fourth-order valence-electron chi connectivity index (χ4n) is 2.18. The molecule has 0 spiro atoms. The summed E-state index contributed by atoms with van der Waals surface area (Å²) in [6, 6.07) is 14.2. The quantitative estimate of drug-likeness (QED) is 0.913. The smallest absolute Gasteiger partial charge is 0.412 e. The van der Waals surface area contributed by atoms with Gasteiger partial charge < -0.3 is 20.1 Å². The minimum absolute atomic E-state index is 0.0858. The zero-order valence-corrected chi connectivity index (χ0v) is 12.4. The van der Waals surface area contributed by atoms with E-state index in [1.165, 1.54) is 0 Å². The van der Waals surface area contributed by atoms with E-state index < -0.39 is 6.09 Å². The van der Waals surface area contributed by atoms with Gasteiger partial charge >= 0.3 is 6.09 Å². The third-order valence-corrected chi connectivity index (χ3v) is 3.30. The third kappa shape index (κ3) is 4.00. The highest BCUT2D eigenvalue weighted by Crippen LogP contribution is 2.28. The number of hydrogen-bond donors (Lipinski definition) is 2. The molecule has 23 heavy (non-hydrogen) atoms. The summed E-state index contributed by atoms with van der Waals surface area (Å²) in [6.45, 7) is 0.647. The molecule has 2 N–H and O–H groups in total. The van der Waals surface area contributed by atoms with E-state index >= 15 is 0 Å². The lowest BCUT2D eigenvalue weighted by Crippen LogP contribution is -2.26. The summed E-state index contributed by atoms with van der Waals surface area (Å²) in [4.78, 5) is 23.3. The summed E-state index contributed by atoms with van der Waals surface area (Å²) in [6.07, 6.45) is -0.211. The largest absolute Gasteiger partial charge is 0.491 e. The van der Waals surface area contributed by atoms with Gasteiger partial charge in [0.05, 0.1) is 18.7 Å². The van der Waals surface area contributed by atoms with Crippen LogP contribution in [0.5, 0.6) is 11.5 Å². The highest BCUT2D eigenvalue weighted by atomic mass is 16.6. The summed E-state index contributed by atoms with van der Waals surface area (Å²) in [7, 11) is 0. The number of anilines is 1. The van der Waals surface area contributed by atoms with Crippen LogP contribution in [0.3, 0.4) is 0 Å². The zero-order chi connectivity index (χ0) is 16.1. The van der Waals surface area contributed by atoms with E-state index in [9.17, 15) is 9.59 Å². The minimum Gasteiger partial charge on any atom is -0.491 e. The Morgan fingerprint density at radius 1 is 1.22 bits per heavy atom. The fourth-order valence-corrected chi connectivity index (χ4v) is 2.18. The van der Waals surface area contributed by atoms with Crippen LogP contribution >= 0.6 is 0 Å². The fraction of sp³-hybridized carbons (Fsp3) is 0.176. The van der Waals surface area contributed by atoms with Gasteiger partial charge in [-0.1, -0.05) is 24.3 Å². The second-order valence-electron chi connectivity index (χ2n) is 5.03. The standard InChI is InChI=1S/C17H16N2O4/c20-16-8-9-22-15-7-6-12(10-14(15)19-16)11-18-17(21)23-13-4-2-1-3-5-13/h1-7,10H,8-9,11H2,(H,18,21)(H,19,20). The molecule has 1 aliphatic rings. The van der Waals surface area contributed by atoms with Gasteiger partial charge in [0.2, 0.25) is 5.91 Å². The van der Waals surface area contributed by atoms with Crippen LogP contribution in [0.1, 0.15) is 12.0 Å². The van der Waals surface area contributed by atoms with Crippen LogP contribution in [-0.2, 0) is 11.3 Å². The molecule has 0 saturated carbocycles. The van der Waals surface area contributed by atoms with Crippen molar-refractivity contribution in [2.75, 3.05) is 11.9 Å². The monoisotopic (exact) mass is 312 g/mol. The van der Waals surface area contributed by atoms with Gasteiger partial charge in [-0.05, 0) is 29.8 Å². The predicted molar refractivity (Wildman–Crippen MR) is 84.5 cm³/mol. The number of benzene rings is 2. The highest BCUT2D eigenvalue weighted by molar-refractivity contribution is 5.93. The van der Waals surface area contributed by atoms with Gasteiger partial charge in [0.1, 0.15) is 11.5 Å². The zero-order valence-electron chi connectivity index (χ0n) is 12.4. The lowest BCUT2D eigenvalue weighted by molar-refractivity contribution is -0.116. The normalized spacial score (nSPS) is 13.1. The van der Waals surface area contributed by atoms with Gasteiger partial charge in [-0.3, -0.25) is 4.79 Å². The van der Waals surface area contributed by atoms with E-state index in [0.29, 0.717) is 30.2 Å². The van der Waals surface area contributed by atoms with Crippen LogP contribution in [0.4, 0.5) is 10.5 Å². The maximum Gasteiger partial charge on any atom is 0.412 e. The molecule has 6 nitrogen and oxygen atoms in total. The van der Waals surface area contributed by atoms with Crippen LogP contribution in [0, 0.1) is 0 Å². The molecular weight excluding hydrogens is 296 g/mol. The molecule has 118 valence electrons. The van der Waals surface area contributed by atoms with Crippen LogP contribution < -0.4 is 20.1 Å². The number of hydrogen-bond acceptors (Lipinski definition) is 4. The first kappa shape index (κ1) is 14.9. The molecule has 0 fully saturated rings. The van der Waals surface area contributed by atoms with Crippen LogP contribution in [0.25, 0.3) is 0 Å².